The number of likely N-dealkylation sites (N-methyl/N-ethyl adjacent to an activating group) is 1. The van der Waals surface area contributed by atoms with Crippen LogP contribution in [0.4, 0.5) is 0 Å². The molecule has 4 nitrogen and oxygen atoms in total. The minimum absolute atomic E-state index is 0.900. The van der Waals surface area contributed by atoms with Gasteiger partial charge >= 0.3 is 0 Å². The molecule has 1 aromatic carbocycles. The summed E-state index contributed by atoms with van der Waals surface area (Å²) in [6, 6.07) is 6.39. The average Bonchev–Trinajstić information content (AvgIpc) is 3.05. The third-order valence-electron chi connectivity index (χ3n) is 3.13. The first-order valence-corrected chi connectivity index (χ1v) is 7.17. The van der Waals surface area contributed by atoms with Gasteiger partial charge in [0.25, 0.3) is 0 Å². The Bertz CT molecular complexity index is 670. The van der Waals surface area contributed by atoms with Gasteiger partial charge in [-0.1, -0.05) is 12.1 Å². The summed E-state index contributed by atoms with van der Waals surface area (Å²) >= 11 is 1.62. The lowest BCUT2D eigenvalue weighted by Gasteiger charge is -2.10. The van der Waals surface area contributed by atoms with Crippen molar-refractivity contribution in [2.45, 2.75) is 6.54 Å². The van der Waals surface area contributed by atoms with Crippen LogP contribution in [-0.4, -0.2) is 40.3 Å². The van der Waals surface area contributed by atoms with Gasteiger partial charge in [0, 0.05) is 22.9 Å². The van der Waals surface area contributed by atoms with Crippen LogP contribution in [0.3, 0.4) is 0 Å². The molecule has 98 valence electrons. The van der Waals surface area contributed by atoms with E-state index in [1.807, 2.05) is 11.7 Å². The van der Waals surface area contributed by atoms with Crippen LogP contribution in [0.1, 0.15) is 0 Å². The number of rotatable bonds is 4. The van der Waals surface area contributed by atoms with Crippen LogP contribution in [0.5, 0.6) is 0 Å². The van der Waals surface area contributed by atoms with Crippen molar-refractivity contribution in [3.8, 4) is 11.3 Å². The highest BCUT2D eigenvalue weighted by molar-refractivity contribution is 7.07. The summed E-state index contributed by atoms with van der Waals surface area (Å²) in [5.41, 5.74) is 5.23. The summed E-state index contributed by atoms with van der Waals surface area (Å²) in [6.45, 7) is 1.88. The second kappa shape index (κ2) is 5.11. The molecule has 0 saturated heterocycles. The summed E-state index contributed by atoms with van der Waals surface area (Å²) in [5.74, 6) is 0. The molecule has 0 aliphatic rings. The van der Waals surface area contributed by atoms with Crippen molar-refractivity contribution < 1.29 is 0 Å². The van der Waals surface area contributed by atoms with Gasteiger partial charge in [0.2, 0.25) is 0 Å². The number of thiazole rings is 1. The first kappa shape index (κ1) is 12.3. The SMILES string of the molecule is CN(C)CCn1ncc2ccc(-c3cscn3)cc21. The van der Waals surface area contributed by atoms with Gasteiger partial charge in [-0.3, -0.25) is 4.68 Å². The summed E-state index contributed by atoms with van der Waals surface area (Å²) in [7, 11) is 4.15. The zero-order valence-corrected chi connectivity index (χ0v) is 11.9. The highest BCUT2D eigenvalue weighted by Gasteiger charge is 2.06. The molecular weight excluding hydrogens is 256 g/mol. The topological polar surface area (TPSA) is 34.0 Å². The molecule has 3 rings (SSSR count). The Hall–Kier alpha value is -1.72. The fraction of sp³-hybridized carbons (Fsp3) is 0.286. The molecule has 0 saturated carbocycles. The maximum atomic E-state index is 4.46. The van der Waals surface area contributed by atoms with Gasteiger partial charge in [0.05, 0.1) is 29.5 Å². The fourth-order valence-electron chi connectivity index (χ4n) is 2.06. The largest absolute Gasteiger partial charge is 0.308 e. The van der Waals surface area contributed by atoms with Crippen LogP contribution in [0.2, 0.25) is 0 Å². The predicted octanol–water partition coefficient (Wildman–Crippen LogP) is 2.72. The monoisotopic (exact) mass is 272 g/mol. The van der Waals surface area contributed by atoms with Crippen molar-refractivity contribution in [1.82, 2.24) is 19.7 Å². The van der Waals surface area contributed by atoms with Crippen LogP contribution in [0.15, 0.2) is 35.3 Å². The third kappa shape index (κ3) is 2.52. The van der Waals surface area contributed by atoms with E-state index in [0.29, 0.717) is 0 Å². The number of benzene rings is 1. The molecule has 0 amide bonds. The van der Waals surface area contributed by atoms with E-state index in [2.05, 4.69) is 57.3 Å². The second-order valence-corrected chi connectivity index (χ2v) is 5.54. The van der Waals surface area contributed by atoms with E-state index in [9.17, 15) is 0 Å². The van der Waals surface area contributed by atoms with Gasteiger partial charge in [0.1, 0.15) is 0 Å². The minimum Gasteiger partial charge on any atom is -0.308 e. The molecule has 3 aromatic rings. The number of hydrogen-bond acceptors (Lipinski definition) is 4. The van der Waals surface area contributed by atoms with E-state index in [1.54, 1.807) is 11.3 Å². The van der Waals surface area contributed by atoms with Crippen LogP contribution in [0.25, 0.3) is 22.2 Å². The minimum atomic E-state index is 0.900. The normalized spacial score (nSPS) is 11.5. The molecule has 5 heteroatoms. The highest BCUT2D eigenvalue weighted by atomic mass is 32.1. The maximum absolute atomic E-state index is 4.46. The molecule has 0 aliphatic heterocycles. The van der Waals surface area contributed by atoms with E-state index in [1.165, 1.54) is 10.9 Å². The first-order chi connectivity index (χ1) is 9.24. The highest BCUT2D eigenvalue weighted by Crippen LogP contribution is 2.24. The van der Waals surface area contributed by atoms with E-state index < -0.39 is 0 Å². The van der Waals surface area contributed by atoms with Crippen LogP contribution < -0.4 is 0 Å². The third-order valence-corrected chi connectivity index (χ3v) is 3.72. The molecule has 0 spiro atoms. The van der Waals surface area contributed by atoms with Gasteiger partial charge in [-0.2, -0.15) is 5.10 Å². The summed E-state index contributed by atoms with van der Waals surface area (Å²) in [4.78, 5) is 6.53. The molecule has 0 radical (unpaired) electrons. The number of fused-ring (bicyclic) bond motifs is 1. The van der Waals surface area contributed by atoms with Gasteiger partial charge in [-0.15, -0.1) is 11.3 Å². The second-order valence-electron chi connectivity index (χ2n) is 4.82. The Labute approximate surface area is 116 Å². The van der Waals surface area contributed by atoms with Gasteiger partial charge < -0.3 is 4.90 Å². The Morgan fingerprint density at radius 2 is 2.21 bits per heavy atom. The molecule has 0 N–H and O–H groups in total. The maximum Gasteiger partial charge on any atom is 0.0811 e. The van der Waals surface area contributed by atoms with Crippen LogP contribution >= 0.6 is 11.3 Å². The number of nitrogens with zero attached hydrogens (tertiary/aromatic N) is 4. The Morgan fingerprint density at radius 1 is 1.32 bits per heavy atom. The van der Waals surface area contributed by atoms with Gasteiger partial charge in [-0.25, -0.2) is 4.98 Å². The smallest absolute Gasteiger partial charge is 0.0811 e. The van der Waals surface area contributed by atoms with Crippen LogP contribution in [-0.2, 0) is 6.54 Å². The molecule has 0 aliphatic carbocycles. The lowest BCUT2D eigenvalue weighted by atomic mass is 10.1. The number of hydrogen-bond donors (Lipinski definition) is 0. The Morgan fingerprint density at radius 3 is 2.95 bits per heavy atom. The van der Waals surface area contributed by atoms with Crippen molar-refractivity contribution in [1.29, 1.82) is 0 Å². The molecule has 0 atom stereocenters. The average molecular weight is 272 g/mol. The van der Waals surface area contributed by atoms with Crippen molar-refractivity contribution in [2.24, 2.45) is 0 Å². The van der Waals surface area contributed by atoms with E-state index in [4.69, 9.17) is 0 Å². The molecule has 0 unspecified atom stereocenters. The molecule has 0 fully saturated rings. The molecule has 2 heterocycles. The zero-order chi connectivity index (χ0) is 13.2. The van der Waals surface area contributed by atoms with Crippen molar-refractivity contribution in [3.05, 3.63) is 35.3 Å². The van der Waals surface area contributed by atoms with Crippen LogP contribution in [0, 0.1) is 0 Å². The van der Waals surface area contributed by atoms with E-state index >= 15 is 0 Å². The Balaban J connectivity index is 1.98. The van der Waals surface area contributed by atoms with Crippen molar-refractivity contribution in [2.75, 3.05) is 20.6 Å². The molecular formula is C14H16N4S. The summed E-state index contributed by atoms with van der Waals surface area (Å²) in [5, 5.41) is 7.71. The quantitative estimate of drug-likeness (QED) is 0.732. The lowest BCUT2D eigenvalue weighted by molar-refractivity contribution is 0.377. The van der Waals surface area contributed by atoms with Gasteiger partial charge in [0.15, 0.2) is 0 Å². The molecule has 19 heavy (non-hydrogen) atoms. The van der Waals surface area contributed by atoms with Crippen molar-refractivity contribution >= 4 is 22.2 Å². The molecule has 0 bridgehead atoms. The Kier molecular flexibility index (Phi) is 3.31. The number of aromatic nitrogens is 3. The predicted molar refractivity (Wildman–Crippen MR) is 79.4 cm³/mol. The molecule has 2 aromatic heterocycles. The van der Waals surface area contributed by atoms with Gasteiger partial charge in [-0.05, 0) is 20.2 Å². The standard InChI is InChI=1S/C14H16N4S/c1-17(2)5-6-18-14-7-11(13-9-19-10-15-13)3-4-12(14)8-16-18/h3-4,7-10H,5-6H2,1-2H3. The van der Waals surface area contributed by atoms with E-state index in [0.717, 1.165) is 24.3 Å². The first-order valence-electron chi connectivity index (χ1n) is 6.23. The fourth-order valence-corrected chi connectivity index (χ4v) is 2.62. The lowest BCUT2D eigenvalue weighted by Crippen LogP contribution is -2.18. The summed E-state index contributed by atoms with van der Waals surface area (Å²) in [6.07, 6.45) is 1.93. The summed E-state index contributed by atoms with van der Waals surface area (Å²) < 4.78 is 2.06. The van der Waals surface area contributed by atoms with E-state index in [-0.39, 0.29) is 0 Å². The van der Waals surface area contributed by atoms with Crippen molar-refractivity contribution in [3.63, 3.8) is 0 Å². The zero-order valence-electron chi connectivity index (χ0n) is 11.1.